The summed E-state index contributed by atoms with van der Waals surface area (Å²) < 4.78 is 0. The van der Waals surface area contributed by atoms with Crippen molar-refractivity contribution < 1.29 is 0 Å². The van der Waals surface area contributed by atoms with E-state index in [-0.39, 0.29) is 0 Å². The highest BCUT2D eigenvalue weighted by Gasteiger charge is 2.16. The molecule has 1 aliphatic carbocycles. The molecule has 1 fully saturated rings. The Morgan fingerprint density at radius 1 is 0.926 bits per heavy atom. The first kappa shape index (κ1) is 17.9. The van der Waals surface area contributed by atoms with Crippen LogP contribution in [0, 0.1) is 0 Å². The van der Waals surface area contributed by atoms with Crippen molar-refractivity contribution in [3.05, 3.63) is 60.7 Å². The summed E-state index contributed by atoms with van der Waals surface area (Å²) in [5, 5.41) is 6.98. The summed E-state index contributed by atoms with van der Waals surface area (Å²) in [5.41, 5.74) is 3.05. The smallest absolute Gasteiger partial charge is 0.225 e. The van der Waals surface area contributed by atoms with Crippen molar-refractivity contribution in [1.82, 2.24) is 9.97 Å². The van der Waals surface area contributed by atoms with E-state index in [0.717, 1.165) is 22.8 Å². The van der Waals surface area contributed by atoms with Crippen LogP contribution in [-0.2, 0) is 0 Å². The number of nitrogens with one attached hydrogen (secondary N) is 2. The molecule has 1 aliphatic rings. The maximum atomic E-state index is 4.78. The van der Waals surface area contributed by atoms with Gasteiger partial charge in [-0.2, -0.15) is 4.98 Å². The predicted octanol–water partition coefficient (Wildman–Crippen LogP) is 5.96. The minimum atomic E-state index is 0.476. The molecule has 0 spiro atoms. The van der Waals surface area contributed by atoms with E-state index in [4.69, 9.17) is 9.97 Å². The molecule has 5 heteroatoms. The number of hydrogen-bond donors (Lipinski definition) is 2. The summed E-state index contributed by atoms with van der Waals surface area (Å²) in [4.78, 5) is 10.7. The first-order valence-corrected chi connectivity index (χ1v) is 10.6. The monoisotopic (exact) mass is 376 g/mol. The van der Waals surface area contributed by atoms with Crippen molar-refractivity contribution in [2.45, 2.75) is 36.6 Å². The summed E-state index contributed by atoms with van der Waals surface area (Å²) in [6, 6.07) is 21.1. The van der Waals surface area contributed by atoms with Gasteiger partial charge < -0.3 is 10.6 Å². The largest absolute Gasteiger partial charge is 0.351 e. The fourth-order valence-corrected chi connectivity index (χ4v) is 3.89. The quantitative estimate of drug-likeness (QED) is 0.520. The predicted molar refractivity (Wildman–Crippen MR) is 115 cm³/mol. The van der Waals surface area contributed by atoms with Gasteiger partial charge in [0.25, 0.3) is 0 Å². The molecule has 4 nitrogen and oxygen atoms in total. The van der Waals surface area contributed by atoms with Crippen molar-refractivity contribution in [1.29, 1.82) is 0 Å². The van der Waals surface area contributed by atoms with Crippen LogP contribution in [0.15, 0.2) is 65.6 Å². The van der Waals surface area contributed by atoms with E-state index in [9.17, 15) is 0 Å². The molecule has 3 aromatic rings. The molecule has 2 aromatic carbocycles. The molecular formula is C22H24N4S. The van der Waals surface area contributed by atoms with Gasteiger partial charge in [0.2, 0.25) is 5.95 Å². The number of nitrogens with zero attached hydrogens (tertiary/aromatic N) is 2. The lowest BCUT2D eigenvalue weighted by Crippen LogP contribution is -2.17. The zero-order chi connectivity index (χ0) is 18.5. The molecule has 27 heavy (non-hydrogen) atoms. The van der Waals surface area contributed by atoms with Crippen molar-refractivity contribution in [3.63, 3.8) is 0 Å². The molecule has 0 radical (unpaired) electrons. The molecular weight excluding hydrogens is 352 g/mol. The first-order valence-electron chi connectivity index (χ1n) is 9.42. The lowest BCUT2D eigenvalue weighted by Gasteiger charge is -2.15. The Bertz CT molecular complexity index is 892. The van der Waals surface area contributed by atoms with Gasteiger partial charge >= 0.3 is 0 Å². The van der Waals surface area contributed by atoms with E-state index in [0.29, 0.717) is 12.0 Å². The summed E-state index contributed by atoms with van der Waals surface area (Å²) in [7, 11) is 0. The topological polar surface area (TPSA) is 49.8 Å². The SMILES string of the molecule is CSc1cccc(Nc2cc(-c3ccccc3)nc(NC3CCCC3)n2)c1. The van der Waals surface area contributed by atoms with Gasteiger partial charge in [-0.05, 0) is 37.3 Å². The number of anilines is 3. The molecule has 1 heterocycles. The third-order valence-electron chi connectivity index (χ3n) is 4.83. The molecule has 2 N–H and O–H groups in total. The van der Waals surface area contributed by atoms with Gasteiger partial charge in [0.1, 0.15) is 5.82 Å². The molecule has 1 aromatic heterocycles. The summed E-state index contributed by atoms with van der Waals surface area (Å²) >= 11 is 1.73. The van der Waals surface area contributed by atoms with Gasteiger partial charge in [-0.3, -0.25) is 0 Å². The second-order valence-electron chi connectivity index (χ2n) is 6.81. The lowest BCUT2D eigenvalue weighted by atomic mass is 10.1. The third-order valence-corrected chi connectivity index (χ3v) is 5.55. The summed E-state index contributed by atoms with van der Waals surface area (Å²) in [6.45, 7) is 0. The van der Waals surface area contributed by atoms with Gasteiger partial charge in [-0.15, -0.1) is 11.8 Å². The second kappa shape index (κ2) is 8.44. The highest BCUT2D eigenvalue weighted by atomic mass is 32.2. The molecule has 0 atom stereocenters. The summed E-state index contributed by atoms with van der Waals surface area (Å²) in [6.07, 6.45) is 7.03. The second-order valence-corrected chi connectivity index (χ2v) is 7.69. The van der Waals surface area contributed by atoms with Crippen molar-refractivity contribution >= 4 is 29.2 Å². The third kappa shape index (κ3) is 4.61. The van der Waals surface area contributed by atoms with Crippen LogP contribution in [0.25, 0.3) is 11.3 Å². The molecule has 1 saturated carbocycles. The molecule has 0 amide bonds. The molecule has 0 unspecified atom stereocenters. The molecule has 4 rings (SSSR count). The average molecular weight is 377 g/mol. The molecule has 0 bridgehead atoms. The van der Waals surface area contributed by atoms with Gasteiger partial charge in [0.15, 0.2) is 0 Å². The number of thioether (sulfide) groups is 1. The van der Waals surface area contributed by atoms with Crippen LogP contribution >= 0.6 is 11.8 Å². The van der Waals surface area contributed by atoms with Crippen LogP contribution in [0.2, 0.25) is 0 Å². The Kier molecular flexibility index (Phi) is 5.58. The Labute approximate surface area is 164 Å². The van der Waals surface area contributed by atoms with Crippen LogP contribution < -0.4 is 10.6 Å². The van der Waals surface area contributed by atoms with Gasteiger partial charge in [0, 0.05) is 28.3 Å². The van der Waals surface area contributed by atoms with Crippen LogP contribution in [0.3, 0.4) is 0 Å². The molecule has 138 valence electrons. The number of hydrogen-bond acceptors (Lipinski definition) is 5. The van der Waals surface area contributed by atoms with Crippen molar-refractivity contribution in [2.75, 3.05) is 16.9 Å². The van der Waals surface area contributed by atoms with Crippen molar-refractivity contribution in [3.8, 4) is 11.3 Å². The number of rotatable bonds is 6. The normalized spacial score (nSPS) is 14.3. The van der Waals surface area contributed by atoms with Crippen molar-refractivity contribution in [2.24, 2.45) is 0 Å². The fourth-order valence-electron chi connectivity index (χ4n) is 3.43. The van der Waals surface area contributed by atoms with E-state index >= 15 is 0 Å². The van der Waals surface area contributed by atoms with E-state index in [1.165, 1.54) is 30.6 Å². The highest BCUT2D eigenvalue weighted by Crippen LogP contribution is 2.27. The van der Waals surface area contributed by atoms with Crippen LogP contribution in [0.1, 0.15) is 25.7 Å². The maximum absolute atomic E-state index is 4.78. The average Bonchev–Trinajstić information content (AvgIpc) is 3.21. The Morgan fingerprint density at radius 2 is 1.74 bits per heavy atom. The van der Waals surface area contributed by atoms with Crippen LogP contribution in [0.4, 0.5) is 17.5 Å². The summed E-state index contributed by atoms with van der Waals surface area (Å²) in [5.74, 6) is 1.51. The van der Waals surface area contributed by atoms with Crippen LogP contribution in [-0.4, -0.2) is 22.3 Å². The molecule has 0 saturated heterocycles. The van der Waals surface area contributed by atoms with Gasteiger partial charge in [-0.1, -0.05) is 49.2 Å². The maximum Gasteiger partial charge on any atom is 0.225 e. The van der Waals surface area contributed by atoms with E-state index in [1.54, 1.807) is 11.8 Å². The van der Waals surface area contributed by atoms with Gasteiger partial charge in [0.05, 0.1) is 5.69 Å². The van der Waals surface area contributed by atoms with E-state index < -0.39 is 0 Å². The minimum Gasteiger partial charge on any atom is -0.351 e. The zero-order valence-corrected chi connectivity index (χ0v) is 16.3. The molecule has 0 aliphatic heterocycles. The minimum absolute atomic E-state index is 0.476. The highest BCUT2D eigenvalue weighted by molar-refractivity contribution is 7.98. The zero-order valence-electron chi connectivity index (χ0n) is 15.5. The number of benzene rings is 2. The van der Waals surface area contributed by atoms with Gasteiger partial charge in [-0.25, -0.2) is 4.98 Å². The standard InChI is InChI=1S/C22H24N4S/c1-27-19-13-7-12-18(14-19)23-21-15-20(16-8-3-2-4-9-16)25-22(26-21)24-17-10-5-6-11-17/h2-4,7-9,12-15,17H,5-6,10-11H2,1H3,(H2,23,24,25,26). The fraction of sp³-hybridized carbons (Fsp3) is 0.273. The van der Waals surface area contributed by atoms with Crippen LogP contribution in [0.5, 0.6) is 0 Å². The lowest BCUT2D eigenvalue weighted by molar-refractivity contribution is 0.744. The van der Waals surface area contributed by atoms with E-state index in [2.05, 4.69) is 53.3 Å². The van der Waals surface area contributed by atoms with E-state index in [1.807, 2.05) is 24.3 Å². The Morgan fingerprint density at radius 3 is 2.52 bits per heavy atom. The Hall–Kier alpha value is -2.53. The number of aromatic nitrogens is 2. The Balaban J connectivity index is 1.66. The first-order chi connectivity index (χ1) is 13.3.